The van der Waals surface area contributed by atoms with Crippen molar-refractivity contribution in [2.75, 3.05) is 19.0 Å². The summed E-state index contributed by atoms with van der Waals surface area (Å²) < 4.78 is 4.94. The number of anilines is 1. The number of carbonyl (C=O) groups is 2. The van der Waals surface area contributed by atoms with E-state index in [0.29, 0.717) is 18.1 Å². The zero-order valence-corrected chi connectivity index (χ0v) is 11.2. The van der Waals surface area contributed by atoms with Gasteiger partial charge in [-0.2, -0.15) is 0 Å². The molecule has 1 aromatic heterocycles. The molecule has 1 aromatic rings. The Morgan fingerprint density at radius 3 is 2.95 bits per heavy atom. The lowest BCUT2D eigenvalue weighted by Gasteiger charge is -2.23. The van der Waals surface area contributed by atoms with Crippen LogP contribution in [0.3, 0.4) is 0 Å². The van der Waals surface area contributed by atoms with E-state index >= 15 is 0 Å². The van der Waals surface area contributed by atoms with Crippen LogP contribution in [-0.2, 0) is 4.79 Å². The maximum Gasteiger partial charge on any atom is 0.322 e. The number of carboxylic acids is 1. The monoisotopic (exact) mass is 279 g/mol. The highest BCUT2D eigenvalue weighted by Crippen LogP contribution is 2.21. The van der Waals surface area contributed by atoms with E-state index in [9.17, 15) is 9.59 Å². The minimum absolute atomic E-state index is 0.0196. The lowest BCUT2D eigenvalue weighted by atomic mass is 10.1. The molecule has 0 radical (unpaired) electrons. The average Bonchev–Trinajstić information content (AvgIpc) is 2.87. The van der Waals surface area contributed by atoms with E-state index < -0.39 is 5.97 Å². The van der Waals surface area contributed by atoms with E-state index in [1.54, 1.807) is 17.0 Å². The first-order chi connectivity index (χ1) is 9.60. The first kappa shape index (κ1) is 14.1. The van der Waals surface area contributed by atoms with Crippen LogP contribution in [0, 0.1) is 0 Å². The molecule has 7 nitrogen and oxygen atoms in total. The molecule has 0 bridgehead atoms. The standard InChI is InChI=1S/C13H17N3O4/c1-20-11-5-4-9(8-14-11)15-13(19)16-6-2-3-10(16)7-12(17)18/h4-5,8,10H,2-3,6-7H2,1H3,(H,15,19)(H,17,18). The lowest BCUT2D eigenvalue weighted by Crippen LogP contribution is -2.39. The largest absolute Gasteiger partial charge is 0.481 e. The number of likely N-dealkylation sites (tertiary alicyclic amines) is 1. The lowest BCUT2D eigenvalue weighted by molar-refractivity contribution is -0.137. The number of urea groups is 1. The number of nitrogens with zero attached hydrogens (tertiary/aromatic N) is 2. The molecule has 1 aliphatic heterocycles. The zero-order chi connectivity index (χ0) is 14.5. The summed E-state index contributed by atoms with van der Waals surface area (Å²) in [6.45, 7) is 0.577. The van der Waals surface area contributed by atoms with Crippen LogP contribution in [0.25, 0.3) is 0 Å². The fourth-order valence-corrected chi connectivity index (χ4v) is 2.29. The van der Waals surface area contributed by atoms with Crippen LogP contribution in [0.4, 0.5) is 10.5 Å². The first-order valence-electron chi connectivity index (χ1n) is 6.39. The average molecular weight is 279 g/mol. The topological polar surface area (TPSA) is 91.8 Å². The van der Waals surface area contributed by atoms with Crippen LogP contribution in [0.5, 0.6) is 5.88 Å². The van der Waals surface area contributed by atoms with Gasteiger partial charge in [-0.1, -0.05) is 0 Å². The summed E-state index contributed by atoms with van der Waals surface area (Å²) in [6, 6.07) is 2.81. The molecule has 0 saturated carbocycles. The second-order valence-electron chi connectivity index (χ2n) is 4.61. The van der Waals surface area contributed by atoms with Crippen molar-refractivity contribution in [3.63, 3.8) is 0 Å². The van der Waals surface area contributed by atoms with Gasteiger partial charge in [-0.3, -0.25) is 4.79 Å². The van der Waals surface area contributed by atoms with Crippen molar-refractivity contribution < 1.29 is 19.4 Å². The molecular weight excluding hydrogens is 262 g/mol. The Hall–Kier alpha value is -2.31. The van der Waals surface area contributed by atoms with Crippen molar-refractivity contribution in [1.29, 1.82) is 0 Å². The fraction of sp³-hybridized carbons (Fsp3) is 0.462. The molecule has 2 heterocycles. The summed E-state index contributed by atoms with van der Waals surface area (Å²) in [4.78, 5) is 28.5. The Bertz CT molecular complexity index is 489. The maximum atomic E-state index is 12.1. The van der Waals surface area contributed by atoms with E-state index in [1.165, 1.54) is 13.3 Å². The SMILES string of the molecule is COc1ccc(NC(=O)N2CCCC2CC(=O)O)cn1. The van der Waals surface area contributed by atoms with Gasteiger partial charge in [-0.15, -0.1) is 0 Å². The summed E-state index contributed by atoms with van der Waals surface area (Å²) in [6.07, 6.45) is 3.03. The molecular formula is C13H17N3O4. The number of nitrogens with one attached hydrogen (secondary N) is 1. The van der Waals surface area contributed by atoms with Gasteiger partial charge in [0.15, 0.2) is 0 Å². The number of pyridine rings is 1. The van der Waals surface area contributed by atoms with Crippen molar-refractivity contribution in [2.24, 2.45) is 0 Å². The van der Waals surface area contributed by atoms with Crippen molar-refractivity contribution >= 4 is 17.7 Å². The molecule has 0 spiro atoms. The summed E-state index contributed by atoms with van der Waals surface area (Å²) in [5.41, 5.74) is 0.553. The molecule has 1 fully saturated rings. The second kappa shape index (κ2) is 6.23. The van der Waals surface area contributed by atoms with Crippen LogP contribution >= 0.6 is 0 Å². The number of ether oxygens (including phenoxy) is 1. The first-order valence-corrected chi connectivity index (χ1v) is 6.39. The third-order valence-electron chi connectivity index (χ3n) is 3.24. The molecule has 20 heavy (non-hydrogen) atoms. The van der Waals surface area contributed by atoms with Gasteiger partial charge in [0.2, 0.25) is 5.88 Å². The quantitative estimate of drug-likeness (QED) is 0.872. The van der Waals surface area contributed by atoms with E-state index in [-0.39, 0.29) is 18.5 Å². The predicted octanol–water partition coefficient (Wildman–Crippen LogP) is 1.56. The minimum atomic E-state index is -0.888. The van der Waals surface area contributed by atoms with Gasteiger partial charge >= 0.3 is 12.0 Å². The van der Waals surface area contributed by atoms with Crippen molar-refractivity contribution in [3.8, 4) is 5.88 Å². The number of hydrogen-bond acceptors (Lipinski definition) is 4. The molecule has 0 aromatic carbocycles. The van der Waals surface area contributed by atoms with E-state index in [1.807, 2.05) is 0 Å². The van der Waals surface area contributed by atoms with E-state index in [0.717, 1.165) is 12.8 Å². The number of aliphatic carboxylic acids is 1. The number of methoxy groups -OCH3 is 1. The minimum Gasteiger partial charge on any atom is -0.481 e. The highest BCUT2D eigenvalue weighted by molar-refractivity contribution is 5.89. The molecule has 108 valence electrons. The molecule has 1 atom stereocenters. The van der Waals surface area contributed by atoms with E-state index in [4.69, 9.17) is 9.84 Å². The Kier molecular flexibility index (Phi) is 4.39. The summed E-state index contributed by atoms with van der Waals surface area (Å²) in [7, 11) is 1.52. The third kappa shape index (κ3) is 3.37. The second-order valence-corrected chi connectivity index (χ2v) is 4.61. The van der Waals surface area contributed by atoms with Gasteiger partial charge in [0.05, 0.1) is 25.4 Å². The number of amides is 2. The smallest absolute Gasteiger partial charge is 0.322 e. The molecule has 0 aliphatic carbocycles. The third-order valence-corrected chi connectivity index (χ3v) is 3.24. The summed E-state index contributed by atoms with van der Waals surface area (Å²) >= 11 is 0. The van der Waals surface area contributed by atoms with Gasteiger partial charge in [0.1, 0.15) is 0 Å². The van der Waals surface area contributed by atoms with Crippen LogP contribution in [0.1, 0.15) is 19.3 Å². The number of rotatable bonds is 4. The molecule has 1 unspecified atom stereocenters. The number of hydrogen-bond donors (Lipinski definition) is 2. The summed E-state index contributed by atoms with van der Waals surface area (Å²) in [5, 5.41) is 11.6. The van der Waals surface area contributed by atoms with Crippen LogP contribution in [0.15, 0.2) is 18.3 Å². The van der Waals surface area contributed by atoms with E-state index in [2.05, 4.69) is 10.3 Å². The zero-order valence-electron chi connectivity index (χ0n) is 11.2. The highest BCUT2D eigenvalue weighted by Gasteiger charge is 2.30. The predicted molar refractivity (Wildman–Crippen MR) is 71.8 cm³/mol. The van der Waals surface area contributed by atoms with Crippen molar-refractivity contribution in [1.82, 2.24) is 9.88 Å². The molecule has 7 heteroatoms. The Balaban J connectivity index is 1.97. The number of carboxylic acid groups (broad SMARTS) is 1. The number of aromatic nitrogens is 1. The van der Waals surface area contributed by atoms with Gasteiger partial charge < -0.3 is 20.1 Å². The number of carbonyl (C=O) groups excluding carboxylic acids is 1. The van der Waals surface area contributed by atoms with Gasteiger partial charge in [-0.25, -0.2) is 9.78 Å². The Morgan fingerprint density at radius 2 is 2.35 bits per heavy atom. The van der Waals surface area contributed by atoms with Gasteiger partial charge in [-0.05, 0) is 18.9 Å². The highest BCUT2D eigenvalue weighted by atomic mass is 16.5. The molecule has 1 saturated heterocycles. The molecule has 1 aliphatic rings. The normalized spacial score (nSPS) is 17.9. The Morgan fingerprint density at radius 1 is 1.55 bits per heavy atom. The van der Waals surface area contributed by atoms with Crippen LogP contribution < -0.4 is 10.1 Å². The van der Waals surface area contributed by atoms with Crippen LogP contribution in [0.2, 0.25) is 0 Å². The maximum absolute atomic E-state index is 12.1. The molecule has 2 amide bonds. The molecule has 2 rings (SSSR count). The van der Waals surface area contributed by atoms with Crippen LogP contribution in [-0.4, -0.2) is 46.7 Å². The van der Waals surface area contributed by atoms with Crippen molar-refractivity contribution in [3.05, 3.63) is 18.3 Å². The van der Waals surface area contributed by atoms with Gasteiger partial charge in [0, 0.05) is 18.7 Å². The fourth-order valence-electron chi connectivity index (χ4n) is 2.29. The van der Waals surface area contributed by atoms with Crippen molar-refractivity contribution in [2.45, 2.75) is 25.3 Å². The summed E-state index contributed by atoms with van der Waals surface area (Å²) in [5.74, 6) is -0.422. The Labute approximate surface area is 116 Å². The van der Waals surface area contributed by atoms with Gasteiger partial charge in [0.25, 0.3) is 0 Å². The molecule has 2 N–H and O–H groups in total.